The molecule has 0 spiro atoms. The topological polar surface area (TPSA) is 46.5 Å². The van der Waals surface area contributed by atoms with Crippen LogP contribution in [-0.2, 0) is 4.79 Å². The number of aliphatic carboxylic acids is 1. The van der Waals surface area contributed by atoms with E-state index in [4.69, 9.17) is 9.84 Å². The van der Waals surface area contributed by atoms with E-state index in [1.54, 1.807) is 12.1 Å². The summed E-state index contributed by atoms with van der Waals surface area (Å²) in [6.07, 6.45) is 0. The molecule has 0 aromatic heterocycles. The molecule has 0 amide bonds. The highest BCUT2D eigenvalue weighted by Gasteiger charge is 2.02. The van der Waals surface area contributed by atoms with Crippen molar-refractivity contribution in [3.63, 3.8) is 0 Å². The van der Waals surface area contributed by atoms with Crippen molar-refractivity contribution in [2.45, 2.75) is 13.8 Å². The van der Waals surface area contributed by atoms with E-state index in [0.717, 1.165) is 11.1 Å². The Morgan fingerprint density at radius 2 is 1.58 bits per heavy atom. The molecule has 0 bridgehead atoms. The van der Waals surface area contributed by atoms with Crippen LogP contribution in [0.15, 0.2) is 42.5 Å². The Balaban J connectivity index is 2.19. The van der Waals surface area contributed by atoms with Gasteiger partial charge >= 0.3 is 5.97 Å². The van der Waals surface area contributed by atoms with E-state index in [0.29, 0.717) is 5.75 Å². The second-order valence-corrected chi connectivity index (χ2v) is 4.58. The molecule has 98 valence electrons. The molecule has 2 rings (SSSR count). The van der Waals surface area contributed by atoms with Crippen LogP contribution in [0.25, 0.3) is 11.1 Å². The highest BCUT2D eigenvalue weighted by atomic mass is 16.5. The van der Waals surface area contributed by atoms with Gasteiger partial charge < -0.3 is 9.84 Å². The minimum Gasteiger partial charge on any atom is -0.482 e. The normalized spacial score (nSPS) is 10.2. The predicted octanol–water partition coefficient (Wildman–Crippen LogP) is 3.43. The number of carboxylic acids is 1. The van der Waals surface area contributed by atoms with Gasteiger partial charge in [0.05, 0.1) is 0 Å². The minimum atomic E-state index is -0.974. The van der Waals surface area contributed by atoms with Crippen LogP contribution < -0.4 is 4.74 Å². The largest absolute Gasteiger partial charge is 0.482 e. The maximum absolute atomic E-state index is 10.4. The number of hydrogen-bond acceptors (Lipinski definition) is 2. The van der Waals surface area contributed by atoms with E-state index in [1.165, 1.54) is 11.1 Å². The summed E-state index contributed by atoms with van der Waals surface area (Å²) in [5.41, 5.74) is 4.69. The van der Waals surface area contributed by atoms with E-state index in [1.807, 2.05) is 12.1 Å². The van der Waals surface area contributed by atoms with E-state index in [9.17, 15) is 4.79 Å². The van der Waals surface area contributed by atoms with Crippen LogP contribution in [0.5, 0.6) is 5.75 Å². The highest BCUT2D eigenvalue weighted by molar-refractivity contribution is 5.69. The number of rotatable bonds is 4. The number of benzene rings is 2. The molecule has 0 saturated carbocycles. The summed E-state index contributed by atoms with van der Waals surface area (Å²) >= 11 is 0. The number of carboxylic acid groups (broad SMARTS) is 1. The number of ether oxygens (including phenoxy) is 1. The third kappa shape index (κ3) is 3.58. The Bertz CT molecular complexity index is 565. The molecule has 3 heteroatoms. The molecule has 0 radical (unpaired) electrons. The molecule has 0 saturated heterocycles. The lowest BCUT2D eigenvalue weighted by Gasteiger charge is -2.07. The summed E-state index contributed by atoms with van der Waals surface area (Å²) in [7, 11) is 0. The Morgan fingerprint density at radius 3 is 2.11 bits per heavy atom. The van der Waals surface area contributed by atoms with Gasteiger partial charge in [0.2, 0.25) is 0 Å². The molecule has 0 unspecified atom stereocenters. The quantitative estimate of drug-likeness (QED) is 0.911. The third-order valence-corrected chi connectivity index (χ3v) is 2.77. The Morgan fingerprint density at radius 1 is 1.00 bits per heavy atom. The van der Waals surface area contributed by atoms with Gasteiger partial charge in [0.15, 0.2) is 6.61 Å². The van der Waals surface area contributed by atoms with Crippen LogP contribution in [0.2, 0.25) is 0 Å². The van der Waals surface area contributed by atoms with Gasteiger partial charge in [-0.1, -0.05) is 41.5 Å². The highest BCUT2D eigenvalue weighted by Crippen LogP contribution is 2.24. The molecule has 1 N–H and O–H groups in total. The van der Waals surface area contributed by atoms with Crippen molar-refractivity contribution >= 4 is 5.97 Å². The molecule has 2 aromatic rings. The average Bonchev–Trinajstić information content (AvgIpc) is 2.36. The van der Waals surface area contributed by atoms with Crippen molar-refractivity contribution < 1.29 is 14.6 Å². The van der Waals surface area contributed by atoms with Crippen LogP contribution >= 0.6 is 0 Å². The van der Waals surface area contributed by atoms with Gasteiger partial charge in [-0.15, -0.1) is 0 Å². The second kappa shape index (κ2) is 5.57. The summed E-state index contributed by atoms with van der Waals surface area (Å²) < 4.78 is 5.11. The van der Waals surface area contributed by atoms with Gasteiger partial charge in [0.1, 0.15) is 5.75 Å². The van der Waals surface area contributed by atoms with Crippen LogP contribution in [0, 0.1) is 13.8 Å². The summed E-state index contributed by atoms with van der Waals surface area (Å²) in [6.45, 7) is 3.82. The lowest BCUT2D eigenvalue weighted by Crippen LogP contribution is -2.09. The van der Waals surface area contributed by atoms with E-state index in [-0.39, 0.29) is 6.61 Å². The molecular weight excluding hydrogens is 240 g/mol. The summed E-state index contributed by atoms with van der Waals surface area (Å²) in [5, 5.41) is 8.54. The summed E-state index contributed by atoms with van der Waals surface area (Å²) in [4.78, 5) is 10.4. The fourth-order valence-electron chi connectivity index (χ4n) is 2.03. The van der Waals surface area contributed by atoms with Gasteiger partial charge in [0, 0.05) is 0 Å². The van der Waals surface area contributed by atoms with Crippen molar-refractivity contribution in [3.8, 4) is 16.9 Å². The molecule has 0 aliphatic carbocycles. The zero-order valence-electron chi connectivity index (χ0n) is 11.0. The molecule has 0 aliphatic heterocycles. The van der Waals surface area contributed by atoms with E-state index in [2.05, 4.69) is 32.0 Å². The SMILES string of the molecule is Cc1cc(C)cc(-c2ccc(OCC(=O)O)cc2)c1. The monoisotopic (exact) mass is 256 g/mol. The fraction of sp³-hybridized carbons (Fsp3) is 0.188. The molecule has 19 heavy (non-hydrogen) atoms. The van der Waals surface area contributed by atoms with Gasteiger partial charge in [-0.25, -0.2) is 4.79 Å². The van der Waals surface area contributed by atoms with Gasteiger partial charge in [-0.05, 0) is 37.1 Å². The Hall–Kier alpha value is -2.29. The molecule has 0 heterocycles. The van der Waals surface area contributed by atoms with Crippen LogP contribution in [0.1, 0.15) is 11.1 Å². The zero-order chi connectivity index (χ0) is 13.8. The Labute approximate surface area is 112 Å². The van der Waals surface area contributed by atoms with E-state index < -0.39 is 5.97 Å². The molecule has 3 nitrogen and oxygen atoms in total. The first kappa shape index (κ1) is 13.1. The lowest BCUT2D eigenvalue weighted by atomic mass is 10.0. The first-order valence-electron chi connectivity index (χ1n) is 6.08. The smallest absolute Gasteiger partial charge is 0.341 e. The summed E-state index contributed by atoms with van der Waals surface area (Å²) in [6, 6.07) is 13.8. The van der Waals surface area contributed by atoms with Crippen molar-refractivity contribution in [1.29, 1.82) is 0 Å². The van der Waals surface area contributed by atoms with Crippen molar-refractivity contribution in [1.82, 2.24) is 0 Å². The van der Waals surface area contributed by atoms with Gasteiger partial charge in [-0.2, -0.15) is 0 Å². The third-order valence-electron chi connectivity index (χ3n) is 2.77. The minimum absolute atomic E-state index is 0.317. The molecule has 0 atom stereocenters. The van der Waals surface area contributed by atoms with E-state index >= 15 is 0 Å². The second-order valence-electron chi connectivity index (χ2n) is 4.58. The first-order chi connectivity index (χ1) is 9.04. The maximum Gasteiger partial charge on any atom is 0.341 e. The summed E-state index contributed by atoms with van der Waals surface area (Å²) in [5.74, 6) is -0.408. The maximum atomic E-state index is 10.4. The lowest BCUT2D eigenvalue weighted by molar-refractivity contribution is -0.139. The molecule has 0 fully saturated rings. The molecule has 0 aliphatic rings. The fourth-order valence-corrected chi connectivity index (χ4v) is 2.03. The van der Waals surface area contributed by atoms with Crippen LogP contribution in [-0.4, -0.2) is 17.7 Å². The molecule has 2 aromatic carbocycles. The van der Waals surface area contributed by atoms with Gasteiger partial charge in [-0.3, -0.25) is 0 Å². The number of aryl methyl sites for hydroxylation is 2. The Kier molecular flexibility index (Phi) is 3.85. The van der Waals surface area contributed by atoms with Crippen LogP contribution in [0.3, 0.4) is 0 Å². The van der Waals surface area contributed by atoms with Gasteiger partial charge in [0.25, 0.3) is 0 Å². The average molecular weight is 256 g/mol. The predicted molar refractivity (Wildman–Crippen MR) is 74.5 cm³/mol. The standard InChI is InChI=1S/C16H16O3/c1-11-7-12(2)9-14(8-11)13-3-5-15(6-4-13)19-10-16(17)18/h3-9H,10H2,1-2H3,(H,17,18). The van der Waals surface area contributed by atoms with Crippen molar-refractivity contribution in [2.24, 2.45) is 0 Å². The van der Waals surface area contributed by atoms with Crippen LogP contribution in [0.4, 0.5) is 0 Å². The number of hydrogen-bond donors (Lipinski definition) is 1. The first-order valence-corrected chi connectivity index (χ1v) is 6.08. The number of carbonyl (C=O) groups is 1. The molecular formula is C16H16O3. The van der Waals surface area contributed by atoms with Crippen molar-refractivity contribution in [3.05, 3.63) is 53.6 Å². The zero-order valence-corrected chi connectivity index (χ0v) is 11.0. The van der Waals surface area contributed by atoms with Crippen molar-refractivity contribution in [2.75, 3.05) is 6.61 Å².